The molecule has 1 N–H and O–H groups in total. The number of benzene rings is 1. The Kier molecular flexibility index (Phi) is 3.11. The average molecular weight is 242 g/mol. The fourth-order valence-electron chi connectivity index (χ4n) is 2.47. The van der Waals surface area contributed by atoms with E-state index in [1.807, 2.05) is 30.5 Å². The van der Waals surface area contributed by atoms with Crippen LogP contribution in [0.1, 0.15) is 12.8 Å². The van der Waals surface area contributed by atoms with Crippen molar-refractivity contribution in [3.8, 4) is 0 Å². The van der Waals surface area contributed by atoms with Gasteiger partial charge >= 0.3 is 0 Å². The molecule has 94 valence electrons. The quantitative estimate of drug-likeness (QED) is 0.872. The van der Waals surface area contributed by atoms with Gasteiger partial charge in [-0.15, -0.1) is 0 Å². The Morgan fingerprint density at radius 2 is 2.11 bits per heavy atom. The van der Waals surface area contributed by atoms with Crippen LogP contribution in [0.2, 0.25) is 0 Å². The fraction of sp³-hybridized carbons (Fsp3) is 0.429. The van der Waals surface area contributed by atoms with E-state index in [0.29, 0.717) is 6.04 Å². The lowest BCUT2D eigenvalue weighted by molar-refractivity contribution is 0.443. The molecule has 0 aliphatic carbocycles. The zero-order chi connectivity index (χ0) is 12.4. The summed E-state index contributed by atoms with van der Waals surface area (Å²) in [6, 6.07) is 8.52. The lowest BCUT2D eigenvalue weighted by Crippen LogP contribution is -2.44. The highest BCUT2D eigenvalue weighted by Crippen LogP contribution is 2.18. The summed E-state index contributed by atoms with van der Waals surface area (Å²) >= 11 is 0. The summed E-state index contributed by atoms with van der Waals surface area (Å²) in [4.78, 5) is 11.4. The lowest BCUT2D eigenvalue weighted by Gasteiger charge is -2.32. The second kappa shape index (κ2) is 4.90. The molecule has 4 nitrogen and oxygen atoms in total. The molecule has 2 aromatic rings. The number of hydrogen-bond acceptors (Lipinski definition) is 4. The van der Waals surface area contributed by atoms with Crippen molar-refractivity contribution in [3.05, 3.63) is 30.5 Å². The topological polar surface area (TPSA) is 41.1 Å². The van der Waals surface area contributed by atoms with E-state index in [-0.39, 0.29) is 0 Å². The molecule has 0 saturated carbocycles. The van der Waals surface area contributed by atoms with Crippen molar-refractivity contribution in [1.82, 2.24) is 15.3 Å². The maximum Gasteiger partial charge on any atom is 0.147 e. The molecule has 0 spiro atoms. The van der Waals surface area contributed by atoms with Crippen LogP contribution in [-0.2, 0) is 0 Å². The van der Waals surface area contributed by atoms with Crippen LogP contribution < -0.4 is 10.2 Å². The first kappa shape index (κ1) is 11.4. The lowest BCUT2D eigenvalue weighted by atomic mass is 10.1. The zero-order valence-corrected chi connectivity index (χ0v) is 10.6. The molecule has 0 radical (unpaired) electrons. The SMILES string of the molecule is CN(c1cnc2ccccc2n1)[C@H]1CCCNC1. The summed E-state index contributed by atoms with van der Waals surface area (Å²) in [6.45, 7) is 2.17. The molecule has 3 rings (SSSR count). The molecule has 1 fully saturated rings. The highest BCUT2D eigenvalue weighted by atomic mass is 15.2. The molecular formula is C14H18N4. The Morgan fingerprint density at radius 3 is 2.89 bits per heavy atom. The van der Waals surface area contributed by atoms with E-state index < -0.39 is 0 Å². The molecule has 0 amide bonds. The number of nitrogens with one attached hydrogen (secondary N) is 1. The van der Waals surface area contributed by atoms with Crippen LogP contribution in [0.3, 0.4) is 0 Å². The van der Waals surface area contributed by atoms with Crippen molar-refractivity contribution < 1.29 is 0 Å². The monoisotopic (exact) mass is 242 g/mol. The molecule has 1 aromatic heterocycles. The minimum absolute atomic E-state index is 0.522. The number of piperidine rings is 1. The molecule has 1 saturated heterocycles. The van der Waals surface area contributed by atoms with Crippen molar-refractivity contribution in [1.29, 1.82) is 0 Å². The minimum Gasteiger partial charge on any atom is -0.354 e. The molecule has 0 unspecified atom stereocenters. The summed E-state index contributed by atoms with van der Waals surface area (Å²) in [5.74, 6) is 0.961. The maximum absolute atomic E-state index is 4.69. The molecule has 0 bridgehead atoms. The Hall–Kier alpha value is -1.68. The first-order chi connectivity index (χ1) is 8.84. The molecule has 1 atom stereocenters. The number of fused-ring (bicyclic) bond motifs is 1. The number of para-hydroxylation sites is 2. The zero-order valence-electron chi connectivity index (χ0n) is 10.6. The largest absolute Gasteiger partial charge is 0.354 e. The van der Waals surface area contributed by atoms with E-state index in [4.69, 9.17) is 0 Å². The Balaban J connectivity index is 1.88. The van der Waals surface area contributed by atoms with Gasteiger partial charge in [0.05, 0.1) is 17.2 Å². The van der Waals surface area contributed by atoms with Gasteiger partial charge in [0.15, 0.2) is 0 Å². The summed E-state index contributed by atoms with van der Waals surface area (Å²) in [6.07, 6.45) is 4.32. The van der Waals surface area contributed by atoms with Gasteiger partial charge in [0.2, 0.25) is 0 Å². The highest BCUT2D eigenvalue weighted by molar-refractivity contribution is 5.75. The number of rotatable bonds is 2. The van der Waals surface area contributed by atoms with Gasteiger partial charge in [0.1, 0.15) is 5.82 Å². The Bertz CT molecular complexity index is 534. The van der Waals surface area contributed by atoms with Gasteiger partial charge in [0, 0.05) is 19.6 Å². The molecule has 2 heterocycles. The van der Waals surface area contributed by atoms with Gasteiger partial charge in [-0.2, -0.15) is 0 Å². The number of nitrogens with zero attached hydrogens (tertiary/aromatic N) is 3. The standard InChI is InChI=1S/C14H18N4/c1-18(11-5-4-8-15-9-11)14-10-16-12-6-2-3-7-13(12)17-14/h2-3,6-7,10-11,15H,4-5,8-9H2,1H3/t11-/m0/s1. The van der Waals surface area contributed by atoms with E-state index in [0.717, 1.165) is 29.9 Å². The van der Waals surface area contributed by atoms with Crippen molar-refractivity contribution in [2.24, 2.45) is 0 Å². The van der Waals surface area contributed by atoms with Crippen LogP contribution in [0, 0.1) is 0 Å². The first-order valence-electron chi connectivity index (χ1n) is 6.50. The van der Waals surface area contributed by atoms with Gasteiger partial charge in [0.25, 0.3) is 0 Å². The smallest absolute Gasteiger partial charge is 0.147 e. The van der Waals surface area contributed by atoms with Crippen LogP contribution >= 0.6 is 0 Å². The van der Waals surface area contributed by atoms with Gasteiger partial charge < -0.3 is 10.2 Å². The number of hydrogen-bond donors (Lipinski definition) is 1. The van der Waals surface area contributed by atoms with E-state index in [1.165, 1.54) is 12.8 Å². The van der Waals surface area contributed by atoms with E-state index in [1.54, 1.807) is 0 Å². The van der Waals surface area contributed by atoms with Gasteiger partial charge in [-0.3, -0.25) is 4.98 Å². The van der Waals surface area contributed by atoms with Gasteiger partial charge in [-0.05, 0) is 31.5 Å². The first-order valence-corrected chi connectivity index (χ1v) is 6.50. The Morgan fingerprint density at radius 1 is 1.28 bits per heavy atom. The summed E-state index contributed by atoms with van der Waals surface area (Å²) in [7, 11) is 2.11. The van der Waals surface area contributed by atoms with Crippen molar-refractivity contribution in [3.63, 3.8) is 0 Å². The second-order valence-electron chi connectivity index (χ2n) is 4.83. The van der Waals surface area contributed by atoms with Crippen LogP contribution in [0.4, 0.5) is 5.82 Å². The third kappa shape index (κ3) is 2.16. The average Bonchev–Trinajstić information content (AvgIpc) is 2.47. The van der Waals surface area contributed by atoms with E-state index in [2.05, 4.69) is 27.2 Å². The molecular weight excluding hydrogens is 224 g/mol. The minimum atomic E-state index is 0.522. The van der Waals surface area contributed by atoms with E-state index in [9.17, 15) is 0 Å². The van der Waals surface area contributed by atoms with Crippen LogP contribution in [-0.4, -0.2) is 36.1 Å². The number of aromatic nitrogens is 2. The summed E-state index contributed by atoms with van der Waals surface area (Å²) in [5, 5.41) is 3.43. The number of likely N-dealkylation sites (N-methyl/N-ethyl adjacent to an activating group) is 1. The highest BCUT2D eigenvalue weighted by Gasteiger charge is 2.19. The predicted octanol–water partition coefficient (Wildman–Crippen LogP) is 1.82. The third-order valence-electron chi connectivity index (χ3n) is 3.62. The van der Waals surface area contributed by atoms with Gasteiger partial charge in [-0.1, -0.05) is 12.1 Å². The normalized spacial score (nSPS) is 19.9. The fourth-order valence-corrected chi connectivity index (χ4v) is 2.47. The maximum atomic E-state index is 4.69. The van der Waals surface area contributed by atoms with Crippen molar-refractivity contribution >= 4 is 16.9 Å². The van der Waals surface area contributed by atoms with Crippen molar-refractivity contribution in [2.75, 3.05) is 25.0 Å². The molecule has 1 aromatic carbocycles. The van der Waals surface area contributed by atoms with Crippen molar-refractivity contribution in [2.45, 2.75) is 18.9 Å². The molecule has 4 heteroatoms. The summed E-state index contributed by atoms with van der Waals surface area (Å²) < 4.78 is 0. The summed E-state index contributed by atoms with van der Waals surface area (Å²) in [5.41, 5.74) is 1.92. The van der Waals surface area contributed by atoms with Crippen LogP contribution in [0.15, 0.2) is 30.5 Å². The molecule has 18 heavy (non-hydrogen) atoms. The third-order valence-corrected chi connectivity index (χ3v) is 3.62. The number of anilines is 1. The van der Waals surface area contributed by atoms with Crippen LogP contribution in [0.25, 0.3) is 11.0 Å². The molecule has 1 aliphatic heterocycles. The van der Waals surface area contributed by atoms with Crippen LogP contribution in [0.5, 0.6) is 0 Å². The van der Waals surface area contributed by atoms with Gasteiger partial charge in [-0.25, -0.2) is 4.98 Å². The molecule has 1 aliphatic rings. The Labute approximate surface area is 107 Å². The van der Waals surface area contributed by atoms with E-state index >= 15 is 0 Å². The predicted molar refractivity (Wildman–Crippen MR) is 73.8 cm³/mol. The second-order valence-corrected chi connectivity index (χ2v) is 4.83.